The monoisotopic (exact) mass is 363 g/mol. The van der Waals surface area contributed by atoms with Crippen molar-refractivity contribution in [2.24, 2.45) is 0 Å². The number of amides is 1. The molecule has 0 radical (unpaired) electrons. The van der Waals surface area contributed by atoms with Gasteiger partial charge in [0.2, 0.25) is 5.91 Å². The summed E-state index contributed by atoms with van der Waals surface area (Å²) in [5.74, 6) is -4.88. The molecule has 1 amide bonds. The molecule has 138 valence electrons. The molecule has 0 aliphatic carbocycles. The van der Waals surface area contributed by atoms with Gasteiger partial charge in [0.1, 0.15) is 0 Å². The number of anilines is 3. The summed E-state index contributed by atoms with van der Waals surface area (Å²) >= 11 is 0. The maximum Gasteiger partial charge on any atom is 0.243 e. The lowest BCUT2D eigenvalue weighted by molar-refractivity contribution is -0.114. The van der Waals surface area contributed by atoms with E-state index in [1.165, 1.54) is 19.3 Å². The molecule has 1 fully saturated rings. The van der Waals surface area contributed by atoms with Crippen molar-refractivity contribution in [2.45, 2.75) is 19.3 Å². The second-order valence-corrected chi connectivity index (χ2v) is 6.22. The molecule has 0 spiro atoms. The van der Waals surface area contributed by atoms with E-state index in [9.17, 15) is 18.0 Å². The summed E-state index contributed by atoms with van der Waals surface area (Å²) in [6, 6.07) is 9.46. The molecule has 0 atom stereocenters. The molecule has 1 aliphatic heterocycles. The minimum absolute atomic E-state index is 0.124. The van der Waals surface area contributed by atoms with E-state index in [1.54, 1.807) is 0 Å². The van der Waals surface area contributed by atoms with Gasteiger partial charge in [-0.15, -0.1) is 0 Å². The van der Waals surface area contributed by atoms with Crippen LogP contribution in [0.25, 0.3) is 0 Å². The number of carbonyl (C=O) groups is 1. The third-order valence-corrected chi connectivity index (χ3v) is 4.35. The molecule has 1 saturated heterocycles. The molecular formula is C19H20F3N3O. The molecule has 0 aromatic heterocycles. The fraction of sp³-hybridized carbons (Fsp3) is 0.316. The van der Waals surface area contributed by atoms with Crippen molar-refractivity contribution in [3.05, 3.63) is 53.8 Å². The van der Waals surface area contributed by atoms with E-state index >= 15 is 0 Å². The SMILES string of the molecule is O=C(CNc1ccc(N2CCCCC2)cc1)Nc1ccc(F)c(F)c1F. The molecule has 7 heteroatoms. The molecule has 2 aromatic carbocycles. The number of benzene rings is 2. The van der Waals surface area contributed by atoms with E-state index in [0.717, 1.165) is 36.6 Å². The van der Waals surface area contributed by atoms with Crippen molar-refractivity contribution in [3.8, 4) is 0 Å². The first-order valence-corrected chi connectivity index (χ1v) is 8.57. The number of rotatable bonds is 5. The molecule has 3 rings (SSSR count). The summed E-state index contributed by atoms with van der Waals surface area (Å²) in [5, 5.41) is 5.14. The predicted octanol–water partition coefficient (Wildman–Crippen LogP) is 4.14. The molecule has 1 heterocycles. The highest BCUT2D eigenvalue weighted by Crippen LogP contribution is 2.22. The van der Waals surface area contributed by atoms with Gasteiger partial charge in [-0.25, -0.2) is 13.2 Å². The van der Waals surface area contributed by atoms with Crippen LogP contribution in [0, 0.1) is 17.5 Å². The molecule has 0 unspecified atom stereocenters. The van der Waals surface area contributed by atoms with Crippen LogP contribution < -0.4 is 15.5 Å². The fourth-order valence-electron chi connectivity index (χ4n) is 2.94. The lowest BCUT2D eigenvalue weighted by Gasteiger charge is -2.28. The second kappa shape index (κ2) is 8.12. The summed E-state index contributed by atoms with van der Waals surface area (Å²) in [7, 11) is 0. The molecule has 0 bridgehead atoms. The Morgan fingerprint density at radius 2 is 1.62 bits per heavy atom. The van der Waals surface area contributed by atoms with Gasteiger partial charge in [-0.1, -0.05) is 0 Å². The van der Waals surface area contributed by atoms with Gasteiger partial charge in [0.05, 0.1) is 12.2 Å². The van der Waals surface area contributed by atoms with Crippen LogP contribution in [0.1, 0.15) is 19.3 Å². The Balaban J connectivity index is 1.53. The quantitative estimate of drug-likeness (QED) is 0.785. The van der Waals surface area contributed by atoms with Gasteiger partial charge in [0.15, 0.2) is 17.5 Å². The van der Waals surface area contributed by atoms with E-state index < -0.39 is 29.0 Å². The summed E-state index contributed by atoms with van der Waals surface area (Å²) in [6.07, 6.45) is 3.66. The molecule has 26 heavy (non-hydrogen) atoms. The highest BCUT2D eigenvalue weighted by Gasteiger charge is 2.15. The Hall–Kier alpha value is -2.70. The molecule has 1 aliphatic rings. The first-order chi connectivity index (χ1) is 12.5. The Bertz CT molecular complexity index is 774. The lowest BCUT2D eigenvalue weighted by atomic mass is 10.1. The number of halogens is 3. The zero-order valence-electron chi connectivity index (χ0n) is 14.2. The first-order valence-electron chi connectivity index (χ1n) is 8.57. The van der Waals surface area contributed by atoms with Crippen LogP contribution in [-0.2, 0) is 4.79 Å². The molecule has 2 N–H and O–H groups in total. The summed E-state index contributed by atoms with van der Waals surface area (Å²) in [5.41, 5.74) is 1.49. The zero-order chi connectivity index (χ0) is 18.5. The van der Waals surface area contributed by atoms with E-state index in [4.69, 9.17) is 0 Å². The summed E-state index contributed by atoms with van der Waals surface area (Å²) < 4.78 is 39.6. The normalized spacial score (nSPS) is 14.2. The number of hydrogen-bond donors (Lipinski definition) is 2. The van der Waals surface area contributed by atoms with Crippen molar-refractivity contribution in [3.63, 3.8) is 0 Å². The van der Waals surface area contributed by atoms with Gasteiger partial charge >= 0.3 is 0 Å². The van der Waals surface area contributed by atoms with E-state index in [1.807, 2.05) is 24.3 Å². The molecule has 4 nitrogen and oxygen atoms in total. The van der Waals surface area contributed by atoms with Gasteiger partial charge in [-0.3, -0.25) is 4.79 Å². The number of nitrogens with one attached hydrogen (secondary N) is 2. The number of hydrogen-bond acceptors (Lipinski definition) is 3. The third kappa shape index (κ3) is 4.28. The highest BCUT2D eigenvalue weighted by molar-refractivity contribution is 5.93. The van der Waals surface area contributed by atoms with Gasteiger partial charge < -0.3 is 15.5 Å². The number of carbonyl (C=O) groups excluding carboxylic acids is 1. The van der Waals surface area contributed by atoms with Crippen LogP contribution >= 0.6 is 0 Å². The van der Waals surface area contributed by atoms with Crippen molar-refractivity contribution < 1.29 is 18.0 Å². The fourth-order valence-corrected chi connectivity index (χ4v) is 2.94. The highest BCUT2D eigenvalue weighted by atomic mass is 19.2. The van der Waals surface area contributed by atoms with Crippen molar-refractivity contribution in [1.82, 2.24) is 0 Å². The van der Waals surface area contributed by atoms with E-state index in [0.29, 0.717) is 0 Å². The van der Waals surface area contributed by atoms with Gasteiger partial charge in [-0.05, 0) is 55.7 Å². The molecular weight excluding hydrogens is 343 g/mol. The number of nitrogens with zero attached hydrogens (tertiary/aromatic N) is 1. The average Bonchev–Trinajstić information content (AvgIpc) is 2.68. The summed E-state index contributed by atoms with van der Waals surface area (Å²) in [6.45, 7) is 1.98. The minimum Gasteiger partial charge on any atom is -0.376 e. The maximum atomic E-state index is 13.6. The standard InChI is InChI=1S/C19H20F3N3O/c20-15-8-9-16(19(22)18(15)21)24-17(26)12-23-13-4-6-14(7-5-13)25-10-2-1-3-11-25/h4-9,23H,1-3,10-12H2,(H,24,26). The predicted molar refractivity (Wildman–Crippen MR) is 95.9 cm³/mol. The average molecular weight is 363 g/mol. The Morgan fingerprint density at radius 3 is 2.31 bits per heavy atom. The van der Waals surface area contributed by atoms with Crippen LogP contribution in [0.2, 0.25) is 0 Å². The smallest absolute Gasteiger partial charge is 0.243 e. The van der Waals surface area contributed by atoms with Gasteiger partial charge in [-0.2, -0.15) is 0 Å². The van der Waals surface area contributed by atoms with E-state index in [-0.39, 0.29) is 6.54 Å². The number of piperidine rings is 1. The van der Waals surface area contributed by atoms with Crippen LogP contribution in [0.4, 0.5) is 30.2 Å². The van der Waals surface area contributed by atoms with Crippen molar-refractivity contribution in [2.75, 3.05) is 35.2 Å². The molecule has 0 saturated carbocycles. The van der Waals surface area contributed by atoms with Crippen molar-refractivity contribution >= 4 is 23.0 Å². The topological polar surface area (TPSA) is 44.4 Å². The third-order valence-electron chi connectivity index (χ3n) is 4.35. The Labute approximate surface area is 150 Å². The molecule has 2 aromatic rings. The van der Waals surface area contributed by atoms with Gasteiger partial charge in [0.25, 0.3) is 0 Å². The van der Waals surface area contributed by atoms with E-state index in [2.05, 4.69) is 15.5 Å². The Kier molecular flexibility index (Phi) is 5.65. The Morgan fingerprint density at radius 1 is 0.923 bits per heavy atom. The minimum atomic E-state index is -1.61. The second-order valence-electron chi connectivity index (χ2n) is 6.22. The van der Waals surface area contributed by atoms with Crippen LogP contribution in [0.15, 0.2) is 36.4 Å². The maximum absolute atomic E-state index is 13.6. The zero-order valence-corrected chi connectivity index (χ0v) is 14.2. The summed E-state index contributed by atoms with van der Waals surface area (Å²) in [4.78, 5) is 14.2. The lowest BCUT2D eigenvalue weighted by Crippen LogP contribution is -2.29. The first kappa shape index (κ1) is 18.1. The van der Waals surface area contributed by atoms with Crippen molar-refractivity contribution in [1.29, 1.82) is 0 Å². The largest absolute Gasteiger partial charge is 0.376 e. The van der Waals surface area contributed by atoms with Gasteiger partial charge in [0, 0.05) is 24.5 Å². The van der Waals surface area contributed by atoms with Crippen LogP contribution in [-0.4, -0.2) is 25.5 Å². The van der Waals surface area contributed by atoms with Crippen LogP contribution in [0.3, 0.4) is 0 Å². The van der Waals surface area contributed by atoms with Crippen LogP contribution in [0.5, 0.6) is 0 Å².